The number of carbonyl (C=O) groups excluding carboxylic acids is 2. The number of nitrogens with one attached hydrogen (secondary N) is 1. The highest BCUT2D eigenvalue weighted by Crippen LogP contribution is 2.17. The molecule has 1 aliphatic heterocycles. The van der Waals surface area contributed by atoms with Crippen molar-refractivity contribution in [2.45, 2.75) is 32.7 Å². The van der Waals surface area contributed by atoms with Crippen LogP contribution in [0.1, 0.15) is 26.7 Å². The lowest BCUT2D eigenvalue weighted by atomic mass is 10.1. The van der Waals surface area contributed by atoms with Gasteiger partial charge >= 0.3 is 6.09 Å². The largest absolute Gasteiger partial charge is 0.484 e. The van der Waals surface area contributed by atoms with Gasteiger partial charge in [0.2, 0.25) is 0 Å². The van der Waals surface area contributed by atoms with Gasteiger partial charge in [-0.15, -0.1) is 0 Å². The van der Waals surface area contributed by atoms with Gasteiger partial charge in [-0.3, -0.25) is 4.79 Å². The Bertz CT molecular complexity index is 586. The van der Waals surface area contributed by atoms with Gasteiger partial charge in [-0.2, -0.15) is 0 Å². The van der Waals surface area contributed by atoms with Crippen molar-refractivity contribution in [3.63, 3.8) is 0 Å². The van der Waals surface area contributed by atoms with E-state index in [1.165, 1.54) is 0 Å². The van der Waals surface area contributed by atoms with E-state index in [-0.39, 0.29) is 24.6 Å². The van der Waals surface area contributed by atoms with Gasteiger partial charge in [0, 0.05) is 23.6 Å². The van der Waals surface area contributed by atoms with Crippen LogP contribution in [-0.2, 0) is 9.53 Å². The fraction of sp³-hybridized carbons (Fsp3) is 0.556. The molecule has 0 aromatic heterocycles. The first-order chi connectivity index (χ1) is 11.9. The lowest BCUT2D eigenvalue weighted by molar-refractivity contribution is -0.124. The van der Waals surface area contributed by atoms with Crippen LogP contribution in [0.15, 0.2) is 28.7 Å². The number of carbonyl (C=O) groups is 2. The smallest absolute Gasteiger partial charge is 0.409 e. The quantitative estimate of drug-likeness (QED) is 0.778. The maximum Gasteiger partial charge on any atom is 0.409 e. The fourth-order valence-corrected chi connectivity index (χ4v) is 2.89. The summed E-state index contributed by atoms with van der Waals surface area (Å²) in [5, 5.41) is 2.96. The number of rotatable bonds is 6. The van der Waals surface area contributed by atoms with Crippen LogP contribution in [0.5, 0.6) is 5.75 Å². The minimum atomic E-state index is -0.267. The molecule has 0 bridgehead atoms. The van der Waals surface area contributed by atoms with E-state index in [4.69, 9.17) is 9.47 Å². The molecule has 25 heavy (non-hydrogen) atoms. The molecule has 0 unspecified atom stereocenters. The molecule has 0 saturated carbocycles. The average Bonchev–Trinajstić information content (AvgIpc) is 2.58. The number of ether oxygens (including phenoxy) is 2. The predicted molar refractivity (Wildman–Crippen MR) is 98.6 cm³/mol. The molecule has 7 heteroatoms. The lowest BCUT2D eigenvalue weighted by Gasteiger charge is -2.31. The van der Waals surface area contributed by atoms with E-state index >= 15 is 0 Å². The first-order valence-corrected chi connectivity index (χ1v) is 9.32. The standard InChI is InChI=1S/C18H25BrN2O4/c1-13(2)11-25-18(23)21-8-6-15(7-9-21)20-17(22)12-24-16-5-3-4-14(19)10-16/h3-5,10,13,15H,6-9,11-12H2,1-2H3,(H,20,22). The molecule has 2 amide bonds. The number of amides is 2. The highest BCUT2D eigenvalue weighted by molar-refractivity contribution is 9.10. The molecule has 1 N–H and O–H groups in total. The Morgan fingerprint density at radius 2 is 2.04 bits per heavy atom. The highest BCUT2D eigenvalue weighted by atomic mass is 79.9. The molecule has 6 nitrogen and oxygen atoms in total. The predicted octanol–water partition coefficient (Wildman–Crippen LogP) is 3.20. The lowest BCUT2D eigenvalue weighted by Crippen LogP contribution is -2.47. The summed E-state index contributed by atoms with van der Waals surface area (Å²) in [6, 6.07) is 7.43. The normalized spacial score (nSPS) is 15.1. The van der Waals surface area contributed by atoms with Crippen molar-refractivity contribution in [2.75, 3.05) is 26.3 Å². The van der Waals surface area contributed by atoms with Crippen LogP contribution in [-0.4, -0.2) is 49.2 Å². The third kappa shape index (κ3) is 6.94. The molecule has 1 saturated heterocycles. The molecule has 0 atom stereocenters. The molecular weight excluding hydrogens is 388 g/mol. The van der Waals surface area contributed by atoms with Gasteiger partial charge in [-0.05, 0) is 37.0 Å². The van der Waals surface area contributed by atoms with Crippen molar-refractivity contribution >= 4 is 27.9 Å². The van der Waals surface area contributed by atoms with Crippen LogP contribution in [0.2, 0.25) is 0 Å². The zero-order valence-corrected chi connectivity index (χ0v) is 16.3. The van der Waals surface area contributed by atoms with E-state index in [9.17, 15) is 9.59 Å². The number of halogens is 1. The summed E-state index contributed by atoms with van der Waals surface area (Å²) < 4.78 is 11.6. The number of piperidine rings is 1. The average molecular weight is 413 g/mol. The first kappa shape index (κ1) is 19.6. The molecule has 1 heterocycles. The van der Waals surface area contributed by atoms with Crippen LogP contribution in [0.25, 0.3) is 0 Å². The topological polar surface area (TPSA) is 67.9 Å². The van der Waals surface area contributed by atoms with Crippen molar-refractivity contribution in [3.8, 4) is 5.75 Å². The molecule has 138 valence electrons. The van der Waals surface area contributed by atoms with E-state index in [0.29, 0.717) is 31.4 Å². The number of nitrogens with zero attached hydrogens (tertiary/aromatic N) is 1. The van der Waals surface area contributed by atoms with E-state index in [1.54, 1.807) is 11.0 Å². The summed E-state index contributed by atoms with van der Waals surface area (Å²) >= 11 is 3.36. The zero-order chi connectivity index (χ0) is 18.2. The van der Waals surface area contributed by atoms with Crippen molar-refractivity contribution < 1.29 is 19.1 Å². The Morgan fingerprint density at radius 3 is 2.68 bits per heavy atom. The monoisotopic (exact) mass is 412 g/mol. The van der Waals surface area contributed by atoms with Gasteiger partial charge in [0.25, 0.3) is 5.91 Å². The van der Waals surface area contributed by atoms with Gasteiger partial charge in [0.05, 0.1) is 6.61 Å². The number of hydrogen-bond acceptors (Lipinski definition) is 4. The Morgan fingerprint density at radius 1 is 1.32 bits per heavy atom. The van der Waals surface area contributed by atoms with Crippen molar-refractivity contribution in [1.29, 1.82) is 0 Å². The zero-order valence-electron chi connectivity index (χ0n) is 14.7. The second-order valence-electron chi connectivity index (χ2n) is 6.55. The third-order valence-corrected chi connectivity index (χ3v) is 4.32. The van der Waals surface area contributed by atoms with Crippen LogP contribution in [0.4, 0.5) is 4.79 Å². The highest BCUT2D eigenvalue weighted by Gasteiger charge is 2.24. The van der Waals surface area contributed by atoms with Gasteiger partial charge in [-0.25, -0.2) is 4.79 Å². The van der Waals surface area contributed by atoms with Gasteiger partial charge in [0.1, 0.15) is 5.75 Å². The van der Waals surface area contributed by atoms with E-state index in [0.717, 1.165) is 17.3 Å². The number of hydrogen-bond donors (Lipinski definition) is 1. The molecule has 1 fully saturated rings. The Labute approximate surface area is 157 Å². The molecule has 1 aliphatic rings. The molecule has 1 aromatic carbocycles. The first-order valence-electron chi connectivity index (χ1n) is 8.53. The van der Waals surface area contributed by atoms with Crippen molar-refractivity contribution in [2.24, 2.45) is 5.92 Å². The van der Waals surface area contributed by atoms with E-state index in [2.05, 4.69) is 21.2 Å². The van der Waals surface area contributed by atoms with E-state index < -0.39 is 0 Å². The van der Waals surface area contributed by atoms with Crippen LogP contribution < -0.4 is 10.1 Å². The summed E-state index contributed by atoms with van der Waals surface area (Å²) in [6.45, 7) is 5.61. The molecule has 1 aromatic rings. The van der Waals surface area contributed by atoms with Crippen LogP contribution >= 0.6 is 15.9 Å². The van der Waals surface area contributed by atoms with Gasteiger partial charge in [-0.1, -0.05) is 35.8 Å². The maximum absolute atomic E-state index is 12.0. The number of likely N-dealkylation sites (tertiary alicyclic amines) is 1. The Kier molecular flexibility index (Phi) is 7.55. The molecule has 0 aliphatic carbocycles. The maximum atomic E-state index is 12.0. The van der Waals surface area contributed by atoms with Crippen LogP contribution in [0, 0.1) is 5.92 Å². The molecule has 0 spiro atoms. The number of benzene rings is 1. The van der Waals surface area contributed by atoms with Crippen molar-refractivity contribution in [3.05, 3.63) is 28.7 Å². The van der Waals surface area contributed by atoms with Gasteiger partial charge < -0.3 is 19.7 Å². The minimum absolute atomic E-state index is 0.0207. The van der Waals surface area contributed by atoms with Crippen LogP contribution in [0.3, 0.4) is 0 Å². The third-order valence-electron chi connectivity index (χ3n) is 3.82. The van der Waals surface area contributed by atoms with E-state index in [1.807, 2.05) is 32.0 Å². The summed E-state index contributed by atoms with van der Waals surface area (Å²) in [7, 11) is 0. The second kappa shape index (κ2) is 9.65. The summed E-state index contributed by atoms with van der Waals surface area (Å²) in [5.74, 6) is 0.819. The molecule has 0 radical (unpaired) electrons. The summed E-state index contributed by atoms with van der Waals surface area (Å²) in [6.07, 6.45) is 1.18. The second-order valence-corrected chi connectivity index (χ2v) is 7.46. The Balaban J connectivity index is 1.67. The SMILES string of the molecule is CC(C)COC(=O)N1CCC(NC(=O)COc2cccc(Br)c2)CC1. The summed E-state index contributed by atoms with van der Waals surface area (Å²) in [5.41, 5.74) is 0. The van der Waals surface area contributed by atoms with Gasteiger partial charge in [0.15, 0.2) is 6.61 Å². The Hall–Kier alpha value is -1.76. The summed E-state index contributed by atoms with van der Waals surface area (Å²) in [4.78, 5) is 25.6. The minimum Gasteiger partial charge on any atom is -0.484 e. The molecular formula is C18H25BrN2O4. The molecule has 2 rings (SSSR count). The fourth-order valence-electron chi connectivity index (χ4n) is 2.51. The van der Waals surface area contributed by atoms with Crippen molar-refractivity contribution in [1.82, 2.24) is 10.2 Å².